The van der Waals surface area contributed by atoms with Crippen molar-refractivity contribution >= 4 is 27.5 Å². The summed E-state index contributed by atoms with van der Waals surface area (Å²) in [6, 6.07) is 13.8. The van der Waals surface area contributed by atoms with Gasteiger partial charge in [0.15, 0.2) is 0 Å². The van der Waals surface area contributed by atoms with Gasteiger partial charge in [0.2, 0.25) is 0 Å². The standard InChI is InChI=1S/C16H14BrClO/c17-13-6-5-12-10-16(19,8-7-11(12)9-13)14-3-1-2-4-15(14)18/h1-6,9,19H,7-8,10H2. The third-order valence-corrected chi connectivity index (χ3v) is 4.66. The zero-order chi connectivity index (χ0) is 13.5. The van der Waals surface area contributed by atoms with Gasteiger partial charge in [-0.3, -0.25) is 0 Å². The van der Waals surface area contributed by atoms with Gasteiger partial charge in [0.25, 0.3) is 0 Å². The summed E-state index contributed by atoms with van der Waals surface area (Å²) in [5, 5.41) is 11.6. The summed E-state index contributed by atoms with van der Waals surface area (Å²) in [4.78, 5) is 0. The normalized spacial score (nSPS) is 22.1. The minimum absolute atomic E-state index is 0.624. The molecule has 0 aromatic heterocycles. The van der Waals surface area contributed by atoms with Crippen LogP contribution in [0.15, 0.2) is 46.9 Å². The summed E-state index contributed by atoms with van der Waals surface area (Å²) in [6.07, 6.45) is 2.20. The molecule has 1 atom stereocenters. The number of benzene rings is 2. The Morgan fingerprint density at radius 1 is 1.11 bits per heavy atom. The van der Waals surface area contributed by atoms with Crippen LogP contribution in [0.3, 0.4) is 0 Å². The van der Waals surface area contributed by atoms with Gasteiger partial charge in [0, 0.05) is 21.5 Å². The van der Waals surface area contributed by atoms with Crippen molar-refractivity contribution in [3.05, 3.63) is 68.7 Å². The van der Waals surface area contributed by atoms with Crippen molar-refractivity contribution in [2.75, 3.05) is 0 Å². The van der Waals surface area contributed by atoms with Crippen LogP contribution < -0.4 is 0 Å². The van der Waals surface area contributed by atoms with E-state index in [4.69, 9.17) is 11.6 Å². The molecule has 2 aromatic rings. The molecule has 1 N–H and O–H groups in total. The quantitative estimate of drug-likeness (QED) is 0.813. The van der Waals surface area contributed by atoms with E-state index in [1.54, 1.807) is 0 Å². The minimum Gasteiger partial charge on any atom is -0.385 e. The SMILES string of the molecule is OC1(c2ccccc2Cl)CCc2cc(Br)ccc2C1. The monoisotopic (exact) mass is 336 g/mol. The van der Waals surface area contributed by atoms with Crippen LogP contribution in [-0.4, -0.2) is 5.11 Å². The maximum absolute atomic E-state index is 10.9. The number of halogens is 2. The molecule has 0 heterocycles. The number of rotatable bonds is 1. The van der Waals surface area contributed by atoms with E-state index >= 15 is 0 Å². The second-order valence-corrected chi connectivity index (χ2v) is 6.42. The molecular formula is C16H14BrClO. The highest BCUT2D eigenvalue weighted by Gasteiger charge is 2.35. The lowest BCUT2D eigenvalue weighted by molar-refractivity contribution is 0.0223. The van der Waals surface area contributed by atoms with Gasteiger partial charge in [-0.15, -0.1) is 0 Å². The second kappa shape index (κ2) is 4.93. The van der Waals surface area contributed by atoms with Gasteiger partial charge >= 0.3 is 0 Å². The van der Waals surface area contributed by atoms with E-state index in [0.717, 1.165) is 16.5 Å². The fourth-order valence-corrected chi connectivity index (χ4v) is 3.53. The van der Waals surface area contributed by atoms with Crippen LogP contribution in [0, 0.1) is 0 Å². The van der Waals surface area contributed by atoms with Gasteiger partial charge in [-0.25, -0.2) is 0 Å². The van der Waals surface area contributed by atoms with E-state index in [9.17, 15) is 5.11 Å². The highest BCUT2D eigenvalue weighted by atomic mass is 79.9. The number of fused-ring (bicyclic) bond motifs is 1. The van der Waals surface area contributed by atoms with Crippen molar-refractivity contribution in [3.63, 3.8) is 0 Å². The van der Waals surface area contributed by atoms with Gasteiger partial charge in [-0.2, -0.15) is 0 Å². The van der Waals surface area contributed by atoms with E-state index in [-0.39, 0.29) is 0 Å². The Bertz CT molecular complexity index is 626. The van der Waals surface area contributed by atoms with E-state index in [1.165, 1.54) is 11.1 Å². The molecule has 1 aliphatic carbocycles. The lowest BCUT2D eigenvalue weighted by Crippen LogP contribution is -2.33. The van der Waals surface area contributed by atoms with E-state index < -0.39 is 5.60 Å². The molecule has 19 heavy (non-hydrogen) atoms. The summed E-state index contributed by atoms with van der Waals surface area (Å²) in [7, 11) is 0. The van der Waals surface area contributed by atoms with Crippen molar-refractivity contribution in [2.45, 2.75) is 24.9 Å². The van der Waals surface area contributed by atoms with Crippen LogP contribution in [0.4, 0.5) is 0 Å². The van der Waals surface area contributed by atoms with Gasteiger partial charge in [-0.1, -0.05) is 51.8 Å². The maximum atomic E-state index is 10.9. The molecule has 2 aromatic carbocycles. The Morgan fingerprint density at radius 3 is 2.68 bits per heavy atom. The van der Waals surface area contributed by atoms with E-state index in [1.807, 2.05) is 30.3 Å². The molecule has 1 unspecified atom stereocenters. The summed E-state index contributed by atoms with van der Waals surface area (Å²) in [5.74, 6) is 0. The highest BCUT2D eigenvalue weighted by Crippen LogP contribution is 2.39. The summed E-state index contributed by atoms with van der Waals surface area (Å²) >= 11 is 9.72. The molecule has 98 valence electrons. The van der Waals surface area contributed by atoms with Crippen LogP contribution in [0.25, 0.3) is 0 Å². The first-order chi connectivity index (χ1) is 9.08. The third kappa shape index (κ3) is 2.45. The molecule has 0 bridgehead atoms. The average molecular weight is 338 g/mol. The average Bonchev–Trinajstić information content (AvgIpc) is 2.40. The molecule has 1 aliphatic rings. The van der Waals surface area contributed by atoms with Crippen LogP contribution in [0.2, 0.25) is 5.02 Å². The van der Waals surface area contributed by atoms with Crippen molar-refractivity contribution in [3.8, 4) is 0 Å². The van der Waals surface area contributed by atoms with Crippen LogP contribution >= 0.6 is 27.5 Å². The first-order valence-electron chi connectivity index (χ1n) is 6.33. The fraction of sp³-hybridized carbons (Fsp3) is 0.250. The van der Waals surface area contributed by atoms with Gasteiger partial charge in [-0.05, 0) is 42.2 Å². The van der Waals surface area contributed by atoms with Crippen molar-refractivity contribution in [1.82, 2.24) is 0 Å². The third-order valence-electron chi connectivity index (χ3n) is 3.83. The predicted octanol–water partition coefficient (Wildman–Crippen LogP) is 4.48. The molecule has 3 heteroatoms. The van der Waals surface area contributed by atoms with Crippen LogP contribution in [0.1, 0.15) is 23.1 Å². The summed E-state index contributed by atoms with van der Waals surface area (Å²) < 4.78 is 1.09. The molecule has 0 aliphatic heterocycles. The second-order valence-electron chi connectivity index (χ2n) is 5.10. The fourth-order valence-electron chi connectivity index (χ4n) is 2.81. The molecule has 0 saturated carbocycles. The lowest BCUT2D eigenvalue weighted by Gasteiger charge is -2.34. The molecule has 0 fully saturated rings. The number of aliphatic hydroxyl groups is 1. The number of hydrogen-bond acceptors (Lipinski definition) is 1. The lowest BCUT2D eigenvalue weighted by atomic mass is 9.76. The first kappa shape index (κ1) is 13.2. The Kier molecular flexibility index (Phi) is 3.42. The van der Waals surface area contributed by atoms with Crippen LogP contribution in [0.5, 0.6) is 0 Å². The minimum atomic E-state index is -0.848. The molecule has 0 saturated heterocycles. The first-order valence-corrected chi connectivity index (χ1v) is 7.50. The van der Waals surface area contributed by atoms with E-state index in [0.29, 0.717) is 17.9 Å². The van der Waals surface area contributed by atoms with Gasteiger partial charge in [0.1, 0.15) is 0 Å². The zero-order valence-corrected chi connectivity index (χ0v) is 12.7. The van der Waals surface area contributed by atoms with Crippen molar-refractivity contribution < 1.29 is 5.11 Å². The molecule has 0 amide bonds. The summed E-state index contributed by atoms with van der Waals surface area (Å²) in [5.41, 5.74) is 2.51. The Morgan fingerprint density at radius 2 is 1.89 bits per heavy atom. The molecular weight excluding hydrogens is 324 g/mol. The summed E-state index contributed by atoms with van der Waals surface area (Å²) in [6.45, 7) is 0. The van der Waals surface area contributed by atoms with E-state index in [2.05, 4.69) is 28.1 Å². The Balaban J connectivity index is 2.01. The Hall–Kier alpha value is -0.830. The van der Waals surface area contributed by atoms with Crippen LogP contribution in [-0.2, 0) is 18.4 Å². The maximum Gasteiger partial charge on any atom is 0.0954 e. The molecule has 0 radical (unpaired) electrons. The highest BCUT2D eigenvalue weighted by molar-refractivity contribution is 9.10. The Labute approximate surface area is 126 Å². The van der Waals surface area contributed by atoms with Gasteiger partial charge < -0.3 is 5.11 Å². The molecule has 3 rings (SSSR count). The predicted molar refractivity (Wildman–Crippen MR) is 81.5 cm³/mol. The largest absolute Gasteiger partial charge is 0.385 e. The van der Waals surface area contributed by atoms with Crippen molar-refractivity contribution in [1.29, 1.82) is 0 Å². The topological polar surface area (TPSA) is 20.2 Å². The number of hydrogen-bond donors (Lipinski definition) is 1. The van der Waals surface area contributed by atoms with Crippen molar-refractivity contribution in [2.24, 2.45) is 0 Å². The smallest absolute Gasteiger partial charge is 0.0954 e. The van der Waals surface area contributed by atoms with Gasteiger partial charge in [0.05, 0.1) is 5.60 Å². The number of aryl methyl sites for hydroxylation is 1. The molecule has 1 nitrogen and oxygen atoms in total. The zero-order valence-electron chi connectivity index (χ0n) is 10.4. The molecule has 0 spiro atoms.